The average Bonchev–Trinajstić information content (AvgIpc) is 2.65. The van der Waals surface area contributed by atoms with Gasteiger partial charge in [-0.25, -0.2) is 9.97 Å². The molecule has 7 nitrogen and oxygen atoms in total. The number of benzene rings is 1. The molecular formula is C16H15Cl2N5O2. The zero-order chi connectivity index (χ0) is 17.8. The minimum absolute atomic E-state index is 0.159. The number of hydrogen-bond donors (Lipinski definition) is 1. The molecule has 25 heavy (non-hydrogen) atoms. The van der Waals surface area contributed by atoms with Crippen LogP contribution in [0, 0.1) is 0 Å². The van der Waals surface area contributed by atoms with Crippen molar-refractivity contribution in [1.82, 2.24) is 19.8 Å². The van der Waals surface area contributed by atoms with Crippen molar-refractivity contribution in [3.8, 4) is 0 Å². The zero-order valence-corrected chi connectivity index (χ0v) is 14.7. The summed E-state index contributed by atoms with van der Waals surface area (Å²) in [4.78, 5) is 34.8. The molecule has 0 atom stereocenters. The van der Waals surface area contributed by atoms with E-state index in [9.17, 15) is 9.59 Å². The second-order valence-corrected chi connectivity index (χ2v) is 6.26. The van der Waals surface area contributed by atoms with Crippen LogP contribution in [0.25, 0.3) is 0 Å². The van der Waals surface area contributed by atoms with Gasteiger partial charge in [-0.2, -0.15) is 0 Å². The van der Waals surface area contributed by atoms with Gasteiger partial charge in [0.15, 0.2) is 0 Å². The highest BCUT2D eigenvalue weighted by Crippen LogP contribution is 2.31. The van der Waals surface area contributed by atoms with E-state index < -0.39 is 0 Å². The van der Waals surface area contributed by atoms with Gasteiger partial charge in [0.25, 0.3) is 5.91 Å². The molecule has 3 rings (SSSR count). The van der Waals surface area contributed by atoms with E-state index in [2.05, 4.69) is 15.3 Å². The molecule has 0 bridgehead atoms. The molecule has 2 amide bonds. The number of hydrogen-bond acceptors (Lipinski definition) is 5. The minimum Gasteiger partial charge on any atom is -0.342 e. The third kappa shape index (κ3) is 4.00. The molecule has 1 aromatic carbocycles. The van der Waals surface area contributed by atoms with Crippen LogP contribution in [0.15, 0.2) is 30.6 Å². The van der Waals surface area contributed by atoms with E-state index in [0.717, 1.165) is 6.41 Å². The monoisotopic (exact) mass is 379 g/mol. The number of rotatable bonds is 4. The predicted octanol–water partition coefficient (Wildman–Crippen LogP) is 2.44. The SMILES string of the molecule is O=CN1CCN(C(=O)c2cnc(Nc3c(Cl)cccc3Cl)nc2)CC1. The van der Waals surface area contributed by atoms with E-state index in [0.29, 0.717) is 47.5 Å². The Morgan fingerprint density at radius 3 is 2.24 bits per heavy atom. The van der Waals surface area contributed by atoms with Crippen molar-refractivity contribution in [3.63, 3.8) is 0 Å². The van der Waals surface area contributed by atoms with Crippen LogP contribution in [-0.4, -0.2) is 58.3 Å². The average molecular weight is 380 g/mol. The van der Waals surface area contributed by atoms with Gasteiger partial charge in [-0.05, 0) is 12.1 Å². The first kappa shape index (κ1) is 17.4. The number of nitrogens with one attached hydrogen (secondary N) is 1. The van der Waals surface area contributed by atoms with Gasteiger partial charge in [-0.1, -0.05) is 29.3 Å². The van der Waals surface area contributed by atoms with E-state index in [1.807, 2.05) is 0 Å². The molecule has 1 N–H and O–H groups in total. The van der Waals surface area contributed by atoms with E-state index in [4.69, 9.17) is 23.2 Å². The van der Waals surface area contributed by atoms with Crippen molar-refractivity contribution in [1.29, 1.82) is 0 Å². The highest BCUT2D eigenvalue weighted by molar-refractivity contribution is 6.39. The maximum atomic E-state index is 12.4. The molecule has 0 saturated carbocycles. The second kappa shape index (κ2) is 7.67. The van der Waals surface area contributed by atoms with Crippen molar-refractivity contribution >= 4 is 47.2 Å². The topological polar surface area (TPSA) is 78.4 Å². The lowest BCUT2D eigenvalue weighted by Gasteiger charge is -2.32. The fraction of sp³-hybridized carbons (Fsp3) is 0.250. The Kier molecular flexibility index (Phi) is 5.35. The van der Waals surface area contributed by atoms with E-state index in [1.165, 1.54) is 12.4 Å². The number of halogens is 2. The minimum atomic E-state index is -0.159. The summed E-state index contributed by atoms with van der Waals surface area (Å²) in [5, 5.41) is 3.84. The lowest BCUT2D eigenvalue weighted by Crippen LogP contribution is -2.48. The Hall–Kier alpha value is -2.38. The molecule has 1 aliphatic rings. The molecule has 0 aliphatic carbocycles. The zero-order valence-electron chi connectivity index (χ0n) is 13.2. The fourth-order valence-corrected chi connectivity index (χ4v) is 2.94. The first-order valence-corrected chi connectivity index (χ1v) is 8.36. The van der Waals surface area contributed by atoms with Gasteiger partial charge < -0.3 is 15.1 Å². The van der Waals surface area contributed by atoms with Gasteiger partial charge in [0.05, 0.1) is 21.3 Å². The number of anilines is 2. The normalized spacial score (nSPS) is 14.3. The molecule has 130 valence electrons. The fourth-order valence-electron chi connectivity index (χ4n) is 2.45. The molecule has 9 heteroatoms. The molecule has 1 saturated heterocycles. The lowest BCUT2D eigenvalue weighted by atomic mass is 10.2. The second-order valence-electron chi connectivity index (χ2n) is 5.45. The van der Waals surface area contributed by atoms with E-state index >= 15 is 0 Å². The lowest BCUT2D eigenvalue weighted by molar-refractivity contribution is -0.119. The number of carbonyl (C=O) groups is 2. The first-order valence-electron chi connectivity index (χ1n) is 7.60. The Morgan fingerprint density at radius 1 is 1.08 bits per heavy atom. The summed E-state index contributed by atoms with van der Waals surface area (Å²) in [7, 11) is 0. The van der Waals surface area contributed by atoms with Crippen molar-refractivity contribution in [2.24, 2.45) is 0 Å². The summed E-state index contributed by atoms with van der Waals surface area (Å²) in [6.07, 6.45) is 3.70. The van der Waals surface area contributed by atoms with Crippen LogP contribution in [0.2, 0.25) is 10.0 Å². The number of piperazine rings is 1. The molecule has 2 aromatic rings. The molecule has 1 fully saturated rings. The summed E-state index contributed by atoms with van der Waals surface area (Å²) >= 11 is 12.2. The predicted molar refractivity (Wildman–Crippen MR) is 95.3 cm³/mol. The summed E-state index contributed by atoms with van der Waals surface area (Å²) in [5.41, 5.74) is 0.894. The smallest absolute Gasteiger partial charge is 0.257 e. The number of amides is 2. The van der Waals surface area contributed by atoms with Gasteiger partial charge in [0.2, 0.25) is 12.4 Å². The summed E-state index contributed by atoms with van der Waals surface area (Å²) in [6, 6.07) is 5.14. The van der Waals surface area contributed by atoms with Crippen LogP contribution in [0.1, 0.15) is 10.4 Å². The standard InChI is InChI=1S/C16H15Cl2N5O2/c17-12-2-1-3-13(18)14(12)21-16-19-8-11(9-20-16)15(25)23-6-4-22(10-24)5-7-23/h1-3,8-10H,4-7H2,(H,19,20,21). The van der Waals surface area contributed by atoms with Gasteiger partial charge in [-0.3, -0.25) is 9.59 Å². The Balaban J connectivity index is 1.68. The van der Waals surface area contributed by atoms with Gasteiger partial charge in [0.1, 0.15) is 0 Å². The third-order valence-electron chi connectivity index (χ3n) is 3.85. The first-order chi connectivity index (χ1) is 12.1. The molecule has 1 aromatic heterocycles. The molecule has 0 radical (unpaired) electrons. The molecule has 1 aliphatic heterocycles. The Bertz CT molecular complexity index is 756. The number of para-hydroxylation sites is 1. The number of aromatic nitrogens is 2. The number of carbonyl (C=O) groups excluding carboxylic acids is 2. The van der Waals surface area contributed by atoms with Crippen LogP contribution in [-0.2, 0) is 4.79 Å². The summed E-state index contributed by atoms with van der Waals surface area (Å²) < 4.78 is 0. The van der Waals surface area contributed by atoms with Crippen LogP contribution in [0.3, 0.4) is 0 Å². The van der Waals surface area contributed by atoms with Crippen LogP contribution < -0.4 is 5.32 Å². The maximum absolute atomic E-state index is 12.4. The van der Waals surface area contributed by atoms with Crippen LogP contribution in [0.4, 0.5) is 11.6 Å². The van der Waals surface area contributed by atoms with Crippen molar-refractivity contribution in [2.75, 3.05) is 31.5 Å². The maximum Gasteiger partial charge on any atom is 0.257 e. The van der Waals surface area contributed by atoms with Gasteiger partial charge in [0, 0.05) is 38.6 Å². The molecular weight excluding hydrogens is 365 g/mol. The van der Waals surface area contributed by atoms with E-state index in [-0.39, 0.29) is 11.9 Å². The largest absolute Gasteiger partial charge is 0.342 e. The highest BCUT2D eigenvalue weighted by Gasteiger charge is 2.21. The van der Waals surface area contributed by atoms with E-state index in [1.54, 1.807) is 28.0 Å². The molecule has 0 spiro atoms. The van der Waals surface area contributed by atoms with Crippen LogP contribution >= 0.6 is 23.2 Å². The van der Waals surface area contributed by atoms with Gasteiger partial charge in [-0.15, -0.1) is 0 Å². The van der Waals surface area contributed by atoms with Crippen molar-refractivity contribution in [3.05, 3.63) is 46.2 Å². The Labute approximate surface area is 154 Å². The van der Waals surface area contributed by atoms with Gasteiger partial charge >= 0.3 is 0 Å². The quantitative estimate of drug-likeness (QED) is 0.825. The summed E-state index contributed by atoms with van der Waals surface area (Å²) in [5.74, 6) is 0.130. The number of nitrogens with zero attached hydrogens (tertiary/aromatic N) is 4. The third-order valence-corrected chi connectivity index (χ3v) is 4.48. The van der Waals surface area contributed by atoms with Crippen molar-refractivity contribution in [2.45, 2.75) is 0 Å². The highest BCUT2D eigenvalue weighted by atomic mass is 35.5. The summed E-state index contributed by atoms with van der Waals surface area (Å²) in [6.45, 7) is 2.04. The van der Waals surface area contributed by atoms with Crippen LogP contribution in [0.5, 0.6) is 0 Å². The van der Waals surface area contributed by atoms with Crippen molar-refractivity contribution < 1.29 is 9.59 Å². The Morgan fingerprint density at radius 2 is 1.68 bits per heavy atom. The molecule has 0 unspecified atom stereocenters. The molecule has 2 heterocycles.